The smallest absolute Gasteiger partial charge is 0.153 e. The molecular formula is C19H14F2N8. The molecule has 0 aliphatic heterocycles. The fourth-order valence-corrected chi connectivity index (χ4v) is 3.06. The van der Waals surface area contributed by atoms with Crippen LogP contribution in [0.3, 0.4) is 0 Å². The number of nitrogens with one attached hydrogen (secondary N) is 1. The predicted octanol–water partition coefficient (Wildman–Crippen LogP) is 3.12. The molecule has 1 aromatic carbocycles. The lowest BCUT2D eigenvalue weighted by atomic mass is 10.2. The summed E-state index contributed by atoms with van der Waals surface area (Å²) in [6.07, 6.45) is 4.38. The highest BCUT2D eigenvalue weighted by Gasteiger charge is 2.22. The van der Waals surface area contributed by atoms with E-state index in [0.717, 1.165) is 6.07 Å². The van der Waals surface area contributed by atoms with E-state index in [1.165, 1.54) is 12.4 Å². The van der Waals surface area contributed by atoms with Crippen molar-refractivity contribution in [2.75, 3.05) is 11.1 Å². The van der Waals surface area contributed by atoms with Crippen molar-refractivity contribution < 1.29 is 8.78 Å². The van der Waals surface area contributed by atoms with Crippen LogP contribution >= 0.6 is 0 Å². The van der Waals surface area contributed by atoms with Crippen LogP contribution in [0.2, 0.25) is 0 Å². The molecule has 0 aliphatic rings. The summed E-state index contributed by atoms with van der Waals surface area (Å²) in [4.78, 5) is 16.3. The Bertz CT molecular complexity index is 1250. The van der Waals surface area contributed by atoms with Gasteiger partial charge >= 0.3 is 0 Å². The van der Waals surface area contributed by atoms with E-state index >= 15 is 0 Å². The molecule has 0 saturated heterocycles. The number of nitrogens with zero attached hydrogens (tertiary/aromatic N) is 6. The van der Waals surface area contributed by atoms with Crippen LogP contribution in [0.15, 0.2) is 43.0 Å². The van der Waals surface area contributed by atoms with Crippen LogP contribution in [0, 0.1) is 23.0 Å². The summed E-state index contributed by atoms with van der Waals surface area (Å²) >= 11 is 0. The number of rotatable bonds is 4. The van der Waals surface area contributed by atoms with Gasteiger partial charge in [-0.1, -0.05) is 0 Å². The Balaban J connectivity index is 1.89. The lowest BCUT2D eigenvalue weighted by Crippen LogP contribution is -2.15. The number of anilines is 2. The van der Waals surface area contributed by atoms with Crippen LogP contribution in [-0.4, -0.2) is 24.5 Å². The van der Waals surface area contributed by atoms with E-state index in [4.69, 9.17) is 5.73 Å². The van der Waals surface area contributed by atoms with Gasteiger partial charge < -0.3 is 11.1 Å². The molecule has 3 heterocycles. The van der Waals surface area contributed by atoms with Crippen LogP contribution in [-0.2, 0) is 0 Å². The molecule has 8 nitrogen and oxygen atoms in total. The molecule has 0 radical (unpaired) electrons. The summed E-state index contributed by atoms with van der Waals surface area (Å²) < 4.78 is 29.9. The van der Waals surface area contributed by atoms with Gasteiger partial charge in [0, 0.05) is 18.3 Å². The number of nitriles is 1. The van der Waals surface area contributed by atoms with Gasteiger partial charge in [0.1, 0.15) is 46.8 Å². The normalized spacial score (nSPS) is 11.9. The summed E-state index contributed by atoms with van der Waals surface area (Å²) in [6.45, 7) is 1.75. The second-order valence-corrected chi connectivity index (χ2v) is 6.23. The average molecular weight is 392 g/mol. The largest absolute Gasteiger partial charge is 0.382 e. The number of benzene rings is 1. The fraction of sp³-hybridized carbons (Fsp3) is 0.105. The molecule has 4 rings (SSSR count). The van der Waals surface area contributed by atoms with Crippen molar-refractivity contribution in [1.29, 1.82) is 5.26 Å². The molecular weight excluding hydrogens is 378 g/mol. The molecule has 144 valence electrons. The number of imidazole rings is 1. The molecule has 0 spiro atoms. The molecule has 0 amide bonds. The maximum absolute atomic E-state index is 14.4. The Morgan fingerprint density at radius 1 is 1.28 bits per heavy atom. The zero-order chi connectivity index (χ0) is 20.5. The van der Waals surface area contributed by atoms with Crippen molar-refractivity contribution >= 4 is 22.7 Å². The third kappa shape index (κ3) is 3.19. The van der Waals surface area contributed by atoms with E-state index < -0.39 is 17.7 Å². The Labute approximate surface area is 163 Å². The first-order valence-electron chi connectivity index (χ1n) is 8.54. The van der Waals surface area contributed by atoms with Crippen molar-refractivity contribution in [3.8, 4) is 11.8 Å². The fourth-order valence-electron chi connectivity index (χ4n) is 3.06. The zero-order valence-corrected chi connectivity index (χ0v) is 15.1. The minimum atomic E-state index is -0.778. The molecule has 0 fully saturated rings. The molecule has 29 heavy (non-hydrogen) atoms. The topological polar surface area (TPSA) is 118 Å². The number of hydrogen-bond acceptors (Lipinski definition) is 7. The average Bonchev–Trinajstić information content (AvgIpc) is 3.09. The van der Waals surface area contributed by atoms with Gasteiger partial charge in [-0.05, 0) is 19.1 Å². The molecule has 1 atom stereocenters. The number of pyridine rings is 1. The summed E-state index contributed by atoms with van der Waals surface area (Å²) in [6, 6.07) is 6.84. The van der Waals surface area contributed by atoms with E-state index in [0.29, 0.717) is 11.5 Å². The summed E-state index contributed by atoms with van der Waals surface area (Å²) in [5.41, 5.74) is 6.66. The van der Waals surface area contributed by atoms with Gasteiger partial charge in [-0.25, -0.2) is 23.7 Å². The molecule has 0 bridgehead atoms. The van der Waals surface area contributed by atoms with Gasteiger partial charge in [-0.15, -0.1) is 0 Å². The highest BCUT2D eigenvalue weighted by atomic mass is 19.1. The quantitative estimate of drug-likeness (QED) is 0.548. The van der Waals surface area contributed by atoms with Crippen molar-refractivity contribution in [1.82, 2.24) is 24.5 Å². The summed E-state index contributed by atoms with van der Waals surface area (Å²) in [5, 5.41) is 12.4. The van der Waals surface area contributed by atoms with Gasteiger partial charge in [-0.3, -0.25) is 9.55 Å². The lowest BCUT2D eigenvalue weighted by molar-refractivity contribution is 0.590. The van der Waals surface area contributed by atoms with Gasteiger partial charge in [0.25, 0.3) is 0 Å². The maximum Gasteiger partial charge on any atom is 0.153 e. The summed E-state index contributed by atoms with van der Waals surface area (Å²) in [5.74, 6) is -0.878. The van der Waals surface area contributed by atoms with Crippen molar-refractivity contribution in [2.45, 2.75) is 13.0 Å². The first-order chi connectivity index (χ1) is 14.0. The van der Waals surface area contributed by atoms with Crippen LogP contribution in [0.1, 0.15) is 24.4 Å². The van der Waals surface area contributed by atoms with E-state index in [1.807, 2.05) is 6.07 Å². The Hall–Kier alpha value is -4.13. The standard InChI is InChI=1S/C19H14F2N8/c1-10(27-18-13(7-22)17(23)25-9-26-18)19-28-16-14(21)5-11(20)6-15(16)29(19)12-3-2-4-24-8-12/h2-6,8-10H,1H3,(H3,23,25,26,27). The van der Waals surface area contributed by atoms with E-state index in [2.05, 4.69) is 25.3 Å². The molecule has 1 unspecified atom stereocenters. The van der Waals surface area contributed by atoms with Gasteiger partial charge in [0.2, 0.25) is 0 Å². The number of nitrogen functional groups attached to an aromatic ring is 1. The van der Waals surface area contributed by atoms with Crippen molar-refractivity contribution in [2.24, 2.45) is 0 Å². The Morgan fingerprint density at radius 2 is 2.10 bits per heavy atom. The number of fused-ring (bicyclic) bond motifs is 1. The Morgan fingerprint density at radius 3 is 2.83 bits per heavy atom. The molecule has 10 heteroatoms. The Kier molecular flexibility index (Phi) is 4.48. The molecule has 3 N–H and O–H groups in total. The van der Waals surface area contributed by atoms with E-state index in [-0.39, 0.29) is 28.2 Å². The highest BCUT2D eigenvalue weighted by Crippen LogP contribution is 2.29. The number of hydrogen-bond donors (Lipinski definition) is 2. The molecule has 3 aromatic heterocycles. The SMILES string of the molecule is CC(Nc1ncnc(N)c1C#N)c1nc2c(F)cc(F)cc2n1-c1cccnc1. The van der Waals surface area contributed by atoms with Crippen LogP contribution in [0.25, 0.3) is 16.7 Å². The third-order valence-electron chi connectivity index (χ3n) is 4.34. The van der Waals surface area contributed by atoms with Crippen LogP contribution in [0.5, 0.6) is 0 Å². The van der Waals surface area contributed by atoms with E-state index in [1.54, 1.807) is 36.0 Å². The zero-order valence-electron chi connectivity index (χ0n) is 15.1. The van der Waals surface area contributed by atoms with Gasteiger partial charge in [-0.2, -0.15) is 5.26 Å². The van der Waals surface area contributed by atoms with Gasteiger partial charge in [0.05, 0.1) is 23.4 Å². The summed E-state index contributed by atoms with van der Waals surface area (Å²) in [7, 11) is 0. The third-order valence-corrected chi connectivity index (χ3v) is 4.34. The molecule has 0 aliphatic carbocycles. The van der Waals surface area contributed by atoms with E-state index in [9.17, 15) is 14.0 Å². The number of nitrogens with two attached hydrogens (primary N) is 1. The van der Waals surface area contributed by atoms with Gasteiger partial charge in [0.15, 0.2) is 5.82 Å². The monoisotopic (exact) mass is 392 g/mol. The maximum atomic E-state index is 14.4. The predicted molar refractivity (Wildman–Crippen MR) is 102 cm³/mol. The second-order valence-electron chi connectivity index (χ2n) is 6.23. The lowest BCUT2D eigenvalue weighted by Gasteiger charge is -2.17. The highest BCUT2D eigenvalue weighted by molar-refractivity contribution is 5.79. The van der Waals surface area contributed by atoms with Crippen LogP contribution in [0.4, 0.5) is 20.4 Å². The number of aromatic nitrogens is 5. The number of halogens is 2. The van der Waals surface area contributed by atoms with Crippen molar-refractivity contribution in [3.05, 3.63) is 66.0 Å². The molecule has 4 aromatic rings. The minimum absolute atomic E-state index is 0.0154. The first-order valence-corrected chi connectivity index (χ1v) is 8.54. The molecule has 0 saturated carbocycles. The second kappa shape index (κ2) is 7.12. The van der Waals surface area contributed by atoms with Crippen LogP contribution < -0.4 is 11.1 Å². The first kappa shape index (κ1) is 18.2. The minimum Gasteiger partial charge on any atom is -0.382 e. The van der Waals surface area contributed by atoms with Crippen molar-refractivity contribution in [3.63, 3.8) is 0 Å².